The van der Waals surface area contributed by atoms with Gasteiger partial charge < -0.3 is 9.80 Å². The Labute approximate surface area is 145 Å². The van der Waals surface area contributed by atoms with Gasteiger partial charge in [-0.3, -0.25) is 14.5 Å². The largest absolute Gasteiger partial charge is 0.342 e. The van der Waals surface area contributed by atoms with Crippen molar-refractivity contribution in [3.8, 4) is 0 Å². The molecule has 132 valence electrons. The van der Waals surface area contributed by atoms with E-state index in [0.29, 0.717) is 19.5 Å². The van der Waals surface area contributed by atoms with E-state index in [1.165, 1.54) is 0 Å². The number of hydrogen-bond acceptors (Lipinski definition) is 3. The summed E-state index contributed by atoms with van der Waals surface area (Å²) in [4.78, 5) is 30.5. The lowest BCUT2D eigenvalue weighted by molar-refractivity contribution is -0.138. The zero-order valence-electron chi connectivity index (χ0n) is 15.3. The lowest BCUT2D eigenvalue weighted by Crippen LogP contribution is -2.44. The number of piperidine rings is 1. The molecular weight excluding hydrogens is 302 g/mol. The summed E-state index contributed by atoms with van der Waals surface area (Å²) in [5.74, 6) is 0.281. The summed E-state index contributed by atoms with van der Waals surface area (Å²) in [6.07, 6.45) is 2.69. The summed E-state index contributed by atoms with van der Waals surface area (Å²) in [7, 11) is 5.68. The molecule has 1 atom stereocenters. The van der Waals surface area contributed by atoms with E-state index >= 15 is 0 Å². The quantitative estimate of drug-likeness (QED) is 0.801. The van der Waals surface area contributed by atoms with Crippen molar-refractivity contribution in [2.24, 2.45) is 0 Å². The van der Waals surface area contributed by atoms with Crippen molar-refractivity contribution in [1.82, 2.24) is 14.7 Å². The fourth-order valence-corrected chi connectivity index (χ4v) is 3.21. The van der Waals surface area contributed by atoms with E-state index in [0.717, 1.165) is 30.5 Å². The number of aryl methyl sites for hydroxylation is 1. The first-order chi connectivity index (χ1) is 11.4. The van der Waals surface area contributed by atoms with Gasteiger partial charge in [0.05, 0.1) is 0 Å². The van der Waals surface area contributed by atoms with Gasteiger partial charge >= 0.3 is 0 Å². The maximum atomic E-state index is 13.0. The highest BCUT2D eigenvalue weighted by atomic mass is 16.2. The van der Waals surface area contributed by atoms with Gasteiger partial charge in [-0.15, -0.1) is 0 Å². The average Bonchev–Trinajstić information content (AvgIpc) is 2.55. The first-order valence-corrected chi connectivity index (χ1v) is 8.66. The Bertz CT molecular complexity index is 586. The standard InChI is InChI=1S/C19H29N3O2/c1-15-9-5-6-10-16(15)18(20(2)3)19(24)21(4)13-14-22-12-8-7-11-17(22)23/h5-6,9-10,18H,7-8,11-14H2,1-4H3/t18-/m1/s1. The number of nitrogens with zero attached hydrogens (tertiary/aromatic N) is 3. The van der Waals surface area contributed by atoms with Crippen LogP contribution in [0.3, 0.4) is 0 Å². The molecule has 2 rings (SSSR count). The molecule has 1 aromatic rings. The minimum Gasteiger partial charge on any atom is -0.342 e. The fraction of sp³-hybridized carbons (Fsp3) is 0.579. The molecule has 1 fully saturated rings. The molecule has 5 nitrogen and oxygen atoms in total. The van der Waals surface area contributed by atoms with E-state index in [-0.39, 0.29) is 17.9 Å². The van der Waals surface area contributed by atoms with E-state index in [2.05, 4.69) is 0 Å². The Morgan fingerprint density at radius 1 is 1.21 bits per heavy atom. The number of carbonyl (C=O) groups is 2. The molecule has 0 spiro atoms. The molecule has 1 aliphatic heterocycles. The van der Waals surface area contributed by atoms with E-state index in [4.69, 9.17) is 0 Å². The minimum absolute atomic E-state index is 0.0683. The van der Waals surface area contributed by atoms with Gasteiger partial charge in [0.15, 0.2) is 0 Å². The van der Waals surface area contributed by atoms with Crippen molar-refractivity contribution in [3.05, 3.63) is 35.4 Å². The summed E-state index contributed by atoms with van der Waals surface area (Å²) >= 11 is 0. The van der Waals surface area contributed by atoms with Gasteiger partial charge in [0.1, 0.15) is 6.04 Å². The van der Waals surface area contributed by atoms with Crippen LogP contribution >= 0.6 is 0 Å². The second kappa shape index (κ2) is 8.29. The molecule has 0 bridgehead atoms. The predicted octanol–water partition coefficient (Wildman–Crippen LogP) is 2.07. The van der Waals surface area contributed by atoms with Crippen LogP contribution in [0.2, 0.25) is 0 Å². The Hall–Kier alpha value is -1.88. The van der Waals surface area contributed by atoms with Crippen LogP contribution in [0.15, 0.2) is 24.3 Å². The summed E-state index contributed by atoms with van der Waals surface area (Å²) in [5, 5.41) is 0. The Morgan fingerprint density at radius 2 is 1.92 bits per heavy atom. The Kier molecular flexibility index (Phi) is 6.37. The second-order valence-electron chi connectivity index (χ2n) is 6.82. The molecule has 1 saturated heterocycles. The van der Waals surface area contributed by atoms with Crippen molar-refractivity contribution in [1.29, 1.82) is 0 Å². The molecule has 1 aliphatic rings. The molecular formula is C19H29N3O2. The fourth-order valence-electron chi connectivity index (χ4n) is 3.21. The van der Waals surface area contributed by atoms with Crippen LogP contribution in [0.1, 0.15) is 36.4 Å². The molecule has 0 N–H and O–H groups in total. The van der Waals surface area contributed by atoms with E-state index in [1.807, 2.05) is 62.1 Å². The molecule has 0 radical (unpaired) electrons. The van der Waals surface area contributed by atoms with Gasteiger partial charge in [0.2, 0.25) is 11.8 Å². The number of carbonyl (C=O) groups excluding carboxylic acids is 2. The topological polar surface area (TPSA) is 43.9 Å². The summed E-state index contributed by atoms with van der Waals surface area (Å²) in [5.41, 5.74) is 2.15. The normalized spacial score (nSPS) is 16.4. The molecule has 5 heteroatoms. The lowest BCUT2D eigenvalue weighted by Gasteiger charge is -2.32. The van der Waals surface area contributed by atoms with Crippen LogP contribution in [-0.2, 0) is 9.59 Å². The van der Waals surface area contributed by atoms with Crippen LogP contribution in [-0.4, -0.2) is 67.3 Å². The molecule has 2 amide bonds. The smallest absolute Gasteiger partial charge is 0.244 e. The van der Waals surface area contributed by atoms with Crippen LogP contribution in [0.25, 0.3) is 0 Å². The maximum absolute atomic E-state index is 13.0. The number of likely N-dealkylation sites (tertiary alicyclic amines) is 1. The molecule has 24 heavy (non-hydrogen) atoms. The Balaban J connectivity index is 2.04. The third-order valence-electron chi connectivity index (χ3n) is 4.74. The van der Waals surface area contributed by atoms with Gasteiger partial charge in [-0.05, 0) is 45.0 Å². The lowest BCUT2D eigenvalue weighted by atomic mass is 9.99. The molecule has 0 unspecified atom stereocenters. The highest BCUT2D eigenvalue weighted by Crippen LogP contribution is 2.23. The van der Waals surface area contributed by atoms with Gasteiger partial charge in [0, 0.05) is 33.1 Å². The van der Waals surface area contributed by atoms with Crippen LogP contribution < -0.4 is 0 Å². The van der Waals surface area contributed by atoms with Crippen molar-refractivity contribution in [3.63, 3.8) is 0 Å². The summed E-state index contributed by atoms with van der Waals surface area (Å²) in [6.45, 7) is 4.04. The maximum Gasteiger partial charge on any atom is 0.244 e. The number of likely N-dealkylation sites (N-methyl/N-ethyl adjacent to an activating group) is 2. The van der Waals surface area contributed by atoms with Crippen LogP contribution in [0.5, 0.6) is 0 Å². The van der Waals surface area contributed by atoms with E-state index in [1.54, 1.807) is 4.90 Å². The molecule has 1 heterocycles. The number of amides is 2. The van der Waals surface area contributed by atoms with E-state index in [9.17, 15) is 9.59 Å². The molecule has 0 aliphatic carbocycles. The number of benzene rings is 1. The number of hydrogen-bond donors (Lipinski definition) is 0. The average molecular weight is 331 g/mol. The summed E-state index contributed by atoms with van der Waals surface area (Å²) < 4.78 is 0. The highest BCUT2D eigenvalue weighted by Gasteiger charge is 2.27. The van der Waals surface area contributed by atoms with Gasteiger partial charge in [-0.2, -0.15) is 0 Å². The zero-order chi connectivity index (χ0) is 17.7. The third kappa shape index (κ3) is 4.35. The van der Waals surface area contributed by atoms with Crippen molar-refractivity contribution >= 4 is 11.8 Å². The number of rotatable bonds is 6. The van der Waals surface area contributed by atoms with Gasteiger partial charge in [-0.25, -0.2) is 0 Å². The first-order valence-electron chi connectivity index (χ1n) is 8.66. The summed E-state index contributed by atoms with van der Waals surface area (Å²) in [6, 6.07) is 7.71. The monoisotopic (exact) mass is 331 g/mol. The van der Waals surface area contributed by atoms with Gasteiger partial charge in [0.25, 0.3) is 0 Å². The SMILES string of the molecule is Cc1ccccc1[C@H](C(=O)N(C)CCN1CCCCC1=O)N(C)C. The minimum atomic E-state index is -0.298. The van der Waals surface area contributed by atoms with Crippen molar-refractivity contribution < 1.29 is 9.59 Å². The Morgan fingerprint density at radius 3 is 2.54 bits per heavy atom. The second-order valence-corrected chi connectivity index (χ2v) is 6.82. The molecule has 1 aromatic carbocycles. The van der Waals surface area contributed by atoms with Crippen LogP contribution in [0, 0.1) is 6.92 Å². The predicted molar refractivity (Wildman–Crippen MR) is 95.7 cm³/mol. The van der Waals surface area contributed by atoms with Crippen molar-refractivity contribution in [2.45, 2.75) is 32.2 Å². The van der Waals surface area contributed by atoms with E-state index < -0.39 is 0 Å². The zero-order valence-corrected chi connectivity index (χ0v) is 15.3. The third-order valence-corrected chi connectivity index (χ3v) is 4.74. The van der Waals surface area contributed by atoms with Gasteiger partial charge in [-0.1, -0.05) is 24.3 Å². The molecule has 0 aromatic heterocycles. The molecule has 0 saturated carbocycles. The highest BCUT2D eigenvalue weighted by molar-refractivity contribution is 5.83. The first kappa shape index (κ1) is 18.5. The van der Waals surface area contributed by atoms with Crippen molar-refractivity contribution in [2.75, 3.05) is 40.8 Å². The van der Waals surface area contributed by atoms with Crippen LogP contribution in [0.4, 0.5) is 0 Å².